The van der Waals surface area contributed by atoms with Gasteiger partial charge in [0.2, 0.25) is 0 Å². The fraction of sp³-hybridized carbons (Fsp3) is 0.917. The monoisotopic (exact) mass is 207 g/mol. The number of fused-ring (bicyclic) bond motifs is 1. The number of nitriles is 1. The van der Waals surface area contributed by atoms with Crippen LogP contribution in [-0.2, 0) is 0 Å². The molecule has 2 fully saturated rings. The van der Waals surface area contributed by atoms with Crippen LogP contribution in [-0.4, -0.2) is 30.1 Å². The molecule has 3 heteroatoms. The minimum absolute atomic E-state index is 0.641. The van der Waals surface area contributed by atoms with E-state index < -0.39 is 5.54 Å². The molecule has 3 nitrogen and oxygen atoms in total. The summed E-state index contributed by atoms with van der Waals surface area (Å²) in [5, 5.41) is 8.84. The molecule has 3 unspecified atom stereocenters. The molecule has 1 saturated carbocycles. The summed E-state index contributed by atoms with van der Waals surface area (Å²) in [6.45, 7) is 5.30. The first kappa shape index (κ1) is 10.9. The molecule has 1 aliphatic carbocycles. The first-order chi connectivity index (χ1) is 7.11. The van der Waals surface area contributed by atoms with Crippen molar-refractivity contribution in [2.75, 3.05) is 19.6 Å². The first-order valence-corrected chi connectivity index (χ1v) is 6.03. The molecule has 3 atom stereocenters. The van der Waals surface area contributed by atoms with Crippen LogP contribution in [0.25, 0.3) is 0 Å². The van der Waals surface area contributed by atoms with E-state index in [1.54, 1.807) is 0 Å². The molecule has 1 saturated heterocycles. The van der Waals surface area contributed by atoms with Crippen molar-refractivity contribution in [2.24, 2.45) is 17.6 Å². The molecule has 84 valence electrons. The molecule has 0 radical (unpaired) electrons. The van der Waals surface area contributed by atoms with Crippen LogP contribution in [0, 0.1) is 23.2 Å². The lowest BCUT2D eigenvalue weighted by Gasteiger charge is -2.21. The number of hydrogen-bond acceptors (Lipinski definition) is 3. The Bertz CT molecular complexity index is 255. The molecule has 0 aromatic carbocycles. The molecule has 0 aromatic rings. The summed E-state index contributed by atoms with van der Waals surface area (Å²) in [5.74, 6) is 1.88. The second kappa shape index (κ2) is 4.11. The van der Waals surface area contributed by atoms with E-state index in [1.165, 1.54) is 32.4 Å². The molecule has 0 aromatic heterocycles. The zero-order valence-electron chi connectivity index (χ0n) is 9.58. The fourth-order valence-corrected chi connectivity index (χ4v) is 2.96. The van der Waals surface area contributed by atoms with Gasteiger partial charge in [-0.1, -0.05) is 6.42 Å². The van der Waals surface area contributed by atoms with Crippen molar-refractivity contribution in [2.45, 2.75) is 38.1 Å². The molecule has 0 spiro atoms. The van der Waals surface area contributed by atoms with Gasteiger partial charge in [0.25, 0.3) is 0 Å². The van der Waals surface area contributed by atoms with Crippen LogP contribution in [0.3, 0.4) is 0 Å². The summed E-state index contributed by atoms with van der Waals surface area (Å²) in [5.41, 5.74) is 5.18. The highest BCUT2D eigenvalue weighted by Crippen LogP contribution is 2.37. The Morgan fingerprint density at radius 1 is 1.40 bits per heavy atom. The van der Waals surface area contributed by atoms with E-state index in [2.05, 4.69) is 11.0 Å². The van der Waals surface area contributed by atoms with Crippen LogP contribution in [0.1, 0.15) is 32.6 Å². The molecule has 1 heterocycles. The predicted octanol–water partition coefficient (Wildman–Crippen LogP) is 1.35. The van der Waals surface area contributed by atoms with Gasteiger partial charge < -0.3 is 10.6 Å². The van der Waals surface area contributed by atoms with E-state index in [0.29, 0.717) is 0 Å². The van der Waals surface area contributed by atoms with Gasteiger partial charge in [-0.3, -0.25) is 0 Å². The smallest absolute Gasteiger partial charge is 0.102 e. The minimum Gasteiger partial charge on any atom is -0.314 e. The maximum atomic E-state index is 8.84. The number of likely N-dealkylation sites (tertiary alicyclic amines) is 1. The van der Waals surface area contributed by atoms with Gasteiger partial charge in [-0.15, -0.1) is 0 Å². The van der Waals surface area contributed by atoms with Gasteiger partial charge in [0.15, 0.2) is 0 Å². The van der Waals surface area contributed by atoms with Crippen LogP contribution < -0.4 is 5.73 Å². The maximum Gasteiger partial charge on any atom is 0.102 e. The Kier molecular flexibility index (Phi) is 2.99. The van der Waals surface area contributed by atoms with E-state index in [-0.39, 0.29) is 0 Å². The van der Waals surface area contributed by atoms with E-state index in [4.69, 9.17) is 11.0 Å². The standard InChI is InChI=1S/C12H21N3/c1-12(14,9-13)5-6-15-7-10-3-2-4-11(10)8-15/h10-11H,2-8,14H2,1H3. The van der Waals surface area contributed by atoms with Crippen molar-refractivity contribution in [1.29, 1.82) is 5.26 Å². The highest BCUT2D eigenvalue weighted by molar-refractivity contribution is 5.01. The lowest BCUT2D eigenvalue weighted by Crippen LogP contribution is -2.38. The molecular weight excluding hydrogens is 186 g/mol. The van der Waals surface area contributed by atoms with Gasteiger partial charge in [-0.25, -0.2) is 0 Å². The van der Waals surface area contributed by atoms with E-state index in [9.17, 15) is 0 Å². The Morgan fingerprint density at radius 2 is 2.00 bits per heavy atom. The molecular formula is C12H21N3. The van der Waals surface area contributed by atoms with Crippen molar-refractivity contribution >= 4 is 0 Å². The second-order valence-electron chi connectivity index (χ2n) is 5.49. The SMILES string of the molecule is CC(N)(C#N)CCN1CC2CCCC2C1. The quantitative estimate of drug-likeness (QED) is 0.760. The molecule has 2 aliphatic rings. The third-order valence-corrected chi connectivity index (χ3v) is 4.00. The van der Waals surface area contributed by atoms with Gasteiger partial charge in [-0.2, -0.15) is 5.26 Å². The number of rotatable bonds is 3. The fourth-order valence-electron chi connectivity index (χ4n) is 2.96. The molecule has 0 bridgehead atoms. The van der Waals surface area contributed by atoms with Gasteiger partial charge in [-0.05, 0) is 38.0 Å². The van der Waals surface area contributed by atoms with Crippen LogP contribution in [0.15, 0.2) is 0 Å². The van der Waals surface area contributed by atoms with Crippen molar-refractivity contribution in [3.05, 3.63) is 0 Å². The second-order valence-corrected chi connectivity index (χ2v) is 5.49. The van der Waals surface area contributed by atoms with Gasteiger partial charge in [0, 0.05) is 19.6 Å². The maximum absolute atomic E-state index is 8.84. The molecule has 1 aliphatic heterocycles. The van der Waals surface area contributed by atoms with Crippen molar-refractivity contribution in [3.63, 3.8) is 0 Å². The highest BCUT2D eigenvalue weighted by atomic mass is 15.2. The zero-order chi connectivity index (χ0) is 10.9. The average Bonchev–Trinajstić information content (AvgIpc) is 2.74. The van der Waals surface area contributed by atoms with Gasteiger partial charge in [0.05, 0.1) is 6.07 Å². The summed E-state index contributed by atoms with van der Waals surface area (Å²) in [7, 11) is 0. The molecule has 15 heavy (non-hydrogen) atoms. The van der Waals surface area contributed by atoms with Crippen molar-refractivity contribution in [3.8, 4) is 6.07 Å². The van der Waals surface area contributed by atoms with Crippen molar-refractivity contribution < 1.29 is 0 Å². The third-order valence-electron chi connectivity index (χ3n) is 4.00. The summed E-state index contributed by atoms with van der Waals surface area (Å²) >= 11 is 0. The normalized spacial score (nSPS) is 34.7. The Morgan fingerprint density at radius 3 is 2.53 bits per heavy atom. The van der Waals surface area contributed by atoms with Gasteiger partial charge >= 0.3 is 0 Å². The van der Waals surface area contributed by atoms with Crippen molar-refractivity contribution in [1.82, 2.24) is 4.90 Å². The molecule has 0 amide bonds. The summed E-state index contributed by atoms with van der Waals surface area (Å²) in [6, 6.07) is 2.17. The zero-order valence-corrected chi connectivity index (χ0v) is 9.58. The lowest BCUT2D eigenvalue weighted by molar-refractivity contribution is 0.288. The predicted molar refractivity (Wildman–Crippen MR) is 60.1 cm³/mol. The summed E-state index contributed by atoms with van der Waals surface area (Å²) in [4.78, 5) is 2.50. The highest BCUT2D eigenvalue weighted by Gasteiger charge is 2.36. The topological polar surface area (TPSA) is 53.1 Å². The Labute approximate surface area is 92.2 Å². The Balaban J connectivity index is 1.76. The Hall–Kier alpha value is -0.590. The number of nitrogens with two attached hydrogens (primary N) is 1. The summed E-state index contributed by atoms with van der Waals surface area (Å²) < 4.78 is 0. The van der Waals surface area contributed by atoms with E-state index >= 15 is 0 Å². The molecule has 2 rings (SSSR count). The van der Waals surface area contributed by atoms with E-state index in [1.807, 2.05) is 6.92 Å². The van der Waals surface area contributed by atoms with Gasteiger partial charge in [0.1, 0.15) is 5.54 Å². The number of hydrogen-bond donors (Lipinski definition) is 1. The van der Waals surface area contributed by atoms with Crippen LogP contribution >= 0.6 is 0 Å². The minimum atomic E-state index is -0.641. The lowest BCUT2D eigenvalue weighted by atomic mass is 10.0. The van der Waals surface area contributed by atoms with Crippen LogP contribution in [0.4, 0.5) is 0 Å². The number of nitrogens with zero attached hydrogens (tertiary/aromatic N) is 2. The largest absolute Gasteiger partial charge is 0.314 e. The third kappa shape index (κ3) is 2.50. The first-order valence-electron chi connectivity index (χ1n) is 6.03. The average molecular weight is 207 g/mol. The van der Waals surface area contributed by atoms with Crippen LogP contribution in [0.5, 0.6) is 0 Å². The summed E-state index contributed by atoms with van der Waals surface area (Å²) in [6.07, 6.45) is 5.05. The van der Waals surface area contributed by atoms with Crippen LogP contribution in [0.2, 0.25) is 0 Å². The molecule has 2 N–H and O–H groups in total. The van der Waals surface area contributed by atoms with E-state index in [0.717, 1.165) is 24.8 Å².